The summed E-state index contributed by atoms with van der Waals surface area (Å²) in [6.07, 6.45) is 14.1. The van der Waals surface area contributed by atoms with Crippen LogP contribution in [-0.2, 0) is 4.79 Å². The standard InChI is InChI=1S/C29H44O3/c1-19(9-7-11-27(32)28(3,4)5)24-14-15-25-21(10-8-16-29(24,25)6)12-13-22-17-23(30)18-26(31)20(22)2/h12-14,19,23,25-26,30-31H,2,7-11,15-18H2,1,3-6H3/b21-12+,22-13-/t19-,23+,25+,26-,29-/m1/s1. The molecular formula is C29H44O3. The summed E-state index contributed by atoms with van der Waals surface area (Å²) < 4.78 is 0. The topological polar surface area (TPSA) is 57.5 Å². The Morgan fingerprint density at radius 1 is 1.31 bits per heavy atom. The van der Waals surface area contributed by atoms with Gasteiger partial charge in [-0.25, -0.2) is 0 Å². The molecule has 3 rings (SSSR count). The molecule has 0 aromatic heterocycles. The van der Waals surface area contributed by atoms with E-state index in [4.69, 9.17) is 0 Å². The van der Waals surface area contributed by atoms with Gasteiger partial charge in [0.2, 0.25) is 0 Å². The summed E-state index contributed by atoms with van der Waals surface area (Å²) >= 11 is 0. The van der Waals surface area contributed by atoms with E-state index in [-0.39, 0.29) is 10.8 Å². The maximum absolute atomic E-state index is 12.3. The van der Waals surface area contributed by atoms with Crippen molar-refractivity contribution in [3.8, 4) is 0 Å². The Balaban J connectivity index is 1.68. The van der Waals surface area contributed by atoms with Crippen molar-refractivity contribution in [1.82, 2.24) is 0 Å². The van der Waals surface area contributed by atoms with Crippen LogP contribution in [0, 0.1) is 22.7 Å². The Bertz CT molecular complexity index is 822. The van der Waals surface area contributed by atoms with Crippen molar-refractivity contribution in [2.24, 2.45) is 22.7 Å². The average molecular weight is 441 g/mol. The lowest BCUT2D eigenvalue weighted by Crippen LogP contribution is -2.32. The normalized spacial score (nSPS) is 34.5. The van der Waals surface area contributed by atoms with Gasteiger partial charge in [-0.1, -0.05) is 70.6 Å². The third kappa shape index (κ3) is 5.37. The number of hydrogen-bond acceptors (Lipinski definition) is 3. The quantitative estimate of drug-likeness (QED) is 0.465. The molecule has 178 valence electrons. The molecule has 0 aromatic carbocycles. The Morgan fingerprint density at radius 3 is 2.72 bits per heavy atom. The van der Waals surface area contributed by atoms with Gasteiger partial charge in [-0.3, -0.25) is 4.79 Å². The summed E-state index contributed by atoms with van der Waals surface area (Å²) in [6.45, 7) is 14.9. The highest BCUT2D eigenvalue weighted by molar-refractivity contribution is 5.83. The Hall–Kier alpha value is -1.45. The maximum Gasteiger partial charge on any atom is 0.138 e. The van der Waals surface area contributed by atoms with E-state index in [2.05, 4.69) is 38.7 Å². The molecule has 2 fully saturated rings. The number of hydrogen-bond donors (Lipinski definition) is 2. The van der Waals surface area contributed by atoms with E-state index in [0.717, 1.165) is 36.8 Å². The van der Waals surface area contributed by atoms with Crippen LogP contribution >= 0.6 is 0 Å². The first-order chi connectivity index (χ1) is 14.9. The number of aliphatic hydroxyl groups is 2. The van der Waals surface area contributed by atoms with Crippen LogP contribution < -0.4 is 0 Å². The number of Topliss-reactive ketones (excluding diaryl/α,β-unsaturated/α-hetero) is 1. The van der Waals surface area contributed by atoms with Crippen LogP contribution in [0.1, 0.15) is 92.4 Å². The Labute approximate surface area is 195 Å². The van der Waals surface area contributed by atoms with Crippen molar-refractivity contribution in [3.05, 3.63) is 47.1 Å². The average Bonchev–Trinajstić information content (AvgIpc) is 3.06. The molecule has 3 aliphatic rings. The Kier molecular flexibility index (Phi) is 7.72. The number of allylic oxidation sites excluding steroid dienone is 5. The molecule has 0 unspecified atom stereocenters. The van der Waals surface area contributed by atoms with E-state index in [1.54, 1.807) is 5.57 Å². The number of rotatable bonds is 6. The molecule has 0 amide bonds. The molecule has 3 nitrogen and oxygen atoms in total. The minimum atomic E-state index is -0.634. The molecule has 3 aliphatic carbocycles. The molecule has 5 atom stereocenters. The SMILES string of the molecule is C=C1/C(=C\C=C2/CCC[C@]3(C)C([C@H](C)CCCC(=O)C(C)(C)C)=CC[C@@H]23)C[C@H](O)C[C@H]1O. The molecule has 0 aromatic rings. The number of aliphatic hydroxyl groups excluding tert-OH is 2. The van der Waals surface area contributed by atoms with Gasteiger partial charge in [0, 0.05) is 18.3 Å². The van der Waals surface area contributed by atoms with E-state index in [1.807, 2.05) is 20.8 Å². The first-order valence-electron chi connectivity index (χ1n) is 12.6. The van der Waals surface area contributed by atoms with E-state index < -0.39 is 12.2 Å². The molecule has 0 saturated heterocycles. The van der Waals surface area contributed by atoms with E-state index in [9.17, 15) is 15.0 Å². The molecule has 32 heavy (non-hydrogen) atoms. The maximum atomic E-state index is 12.3. The zero-order valence-electron chi connectivity index (χ0n) is 20.9. The van der Waals surface area contributed by atoms with Gasteiger partial charge in [0.15, 0.2) is 0 Å². The van der Waals surface area contributed by atoms with Crippen molar-refractivity contribution in [2.75, 3.05) is 0 Å². The van der Waals surface area contributed by atoms with Gasteiger partial charge in [-0.15, -0.1) is 0 Å². The first kappa shape index (κ1) is 25.2. The van der Waals surface area contributed by atoms with E-state index in [1.165, 1.54) is 18.4 Å². The number of carbonyl (C=O) groups excluding carboxylic acids is 1. The van der Waals surface area contributed by atoms with Gasteiger partial charge >= 0.3 is 0 Å². The zero-order valence-corrected chi connectivity index (χ0v) is 20.9. The molecular weight excluding hydrogens is 396 g/mol. The highest BCUT2D eigenvalue weighted by Crippen LogP contribution is 2.57. The van der Waals surface area contributed by atoms with Crippen molar-refractivity contribution in [1.29, 1.82) is 0 Å². The van der Waals surface area contributed by atoms with Gasteiger partial charge in [0.25, 0.3) is 0 Å². The summed E-state index contributed by atoms with van der Waals surface area (Å²) in [5.41, 5.74) is 4.80. The van der Waals surface area contributed by atoms with E-state index in [0.29, 0.717) is 36.9 Å². The zero-order chi connectivity index (χ0) is 23.7. The fourth-order valence-corrected chi connectivity index (χ4v) is 6.18. The van der Waals surface area contributed by atoms with Crippen LogP contribution in [0.5, 0.6) is 0 Å². The molecule has 0 radical (unpaired) electrons. The van der Waals surface area contributed by atoms with Gasteiger partial charge in [0.1, 0.15) is 5.78 Å². The lowest BCUT2D eigenvalue weighted by molar-refractivity contribution is -0.126. The van der Waals surface area contributed by atoms with Gasteiger partial charge in [0.05, 0.1) is 12.2 Å². The summed E-state index contributed by atoms with van der Waals surface area (Å²) in [6, 6.07) is 0. The number of ketones is 1. The smallest absolute Gasteiger partial charge is 0.138 e. The predicted octanol–water partition coefficient (Wildman–Crippen LogP) is 6.47. The second kappa shape index (κ2) is 9.81. The van der Waals surface area contributed by atoms with Crippen LogP contribution in [0.25, 0.3) is 0 Å². The van der Waals surface area contributed by atoms with Crippen LogP contribution in [0.15, 0.2) is 47.1 Å². The van der Waals surface area contributed by atoms with Crippen molar-refractivity contribution >= 4 is 5.78 Å². The van der Waals surface area contributed by atoms with Gasteiger partial charge < -0.3 is 10.2 Å². The van der Waals surface area contributed by atoms with Crippen molar-refractivity contribution in [3.63, 3.8) is 0 Å². The highest BCUT2D eigenvalue weighted by Gasteiger charge is 2.45. The van der Waals surface area contributed by atoms with Crippen LogP contribution in [0.4, 0.5) is 0 Å². The second-order valence-electron chi connectivity index (χ2n) is 11.8. The minimum Gasteiger partial charge on any atom is -0.393 e. The molecule has 2 N–H and O–H groups in total. The fourth-order valence-electron chi connectivity index (χ4n) is 6.18. The molecule has 3 heteroatoms. The van der Waals surface area contributed by atoms with E-state index >= 15 is 0 Å². The highest BCUT2D eigenvalue weighted by atomic mass is 16.3. The van der Waals surface area contributed by atoms with Crippen LogP contribution in [-0.4, -0.2) is 28.2 Å². The Morgan fingerprint density at radius 2 is 2.03 bits per heavy atom. The summed E-state index contributed by atoms with van der Waals surface area (Å²) in [4.78, 5) is 12.3. The lowest BCUT2D eigenvalue weighted by atomic mass is 9.62. The lowest BCUT2D eigenvalue weighted by Gasteiger charge is -2.42. The van der Waals surface area contributed by atoms with Crippen molar-refractivity contribution < 1.29 is 15.0 Å². The predicted molar refractivity (Wildman–Crippen MR) is 132 cm³/mol. The minimum absolute atomic E-state index is 0.207. The largest absolute Gasteiger partial charge is 0.393 e. The number of fused-ring (bicyclic) bond motifs is 1. The van der Waals surface area contributed by atoms with Gasteiger partial charge in [-0.2, -0.15) is 0 Å². The molecule has 0 bridgehead atoms. The van der Waals surface area contributed by atoms with Crippen molar-refractivity contribution in [2.45, 2.75) is 105 Å². The molecule has 2 saturated carbocycles. The van der Waals surface area contributed by atoms with Crippen LogP contribution in [0.3, 0.4) is 0 Å². The third-order valence-electron chi connectivity index (χ3n) is 8.28. The number of carbonyl (C=O) groups is 1. The first-order valence-corrected chi connectivity index (χ1v) is 12.6. The molecule has 0 heterocycles. The summed E-state index contributed by atoms with van der Waals surface area (Å²) in [5, 5.41) is 20.2. The monoisotopic (exact) mass is 440 g/mol. The van der Waals surface area contributed by atoms with Gasteiger partial charge in [-0.05, 0) is 73.3 Å². The summed E-state index contributed by atoms with van der Waals surface area (Å²) in [5.74, 6) is 1.41. The summed E-state index contributed by atoms with van der Waals surface area (Å²) in [7, 11) is 0. The third-order valence-corrected chi connectivity index (χ3v) is 8.28. The molecule has 0 aliphatic heterocycles. The second-order valence-corrected chi connectivity index (χ2v) is 11.8. The molecule has 0 spiro atoms. The fraction of sp³-hybridized carbons (Fsp3) is 0.690. The van der Waals surface area contributed by atoms with Crippen LogP contribution in [0.2, 0.25) is 0 Å².